The summed E-state index contributed by atoms with van der Waals surface area (Å²) in [5, 5.41) is 12.6. The lowest BCUT2D eigenvalue weighted by Crippen LogP contribution is -2.47. The molecule has 0 spiro atoms. The number of carbonyl (C=O) groups is 2. The molecule has 3 rings (SSSR count). The van der Waals surface area contributed by atoms with Gasteiger partial charge in [-0.2, -0.15) is 0 Å². The van der Waals surface area contributed by atoms with E-state index in [-0.39, 0.29) is 11.9 Å². The number of hydrogen-bond donors (Lipinski definition) is 2. The second kappa shape index (κ2) is 7.97. The van der Waals surface area contributed by atoms with Gasteiger partial charge in [-0.3, -0.25) is 14.5 Å². The van der Waals surface area contributed by atoms with E-state index in [4.69, 9.17) is 0 Å². The number of amides is 1. The van der Waals surface area contributed by atoms with Gasteiger partial charge in [0.2, 0.25) is 5.91 Å². The Bertz CT molecular complexity index is 599. The molecule has 6 nitrogen and oxygen atoms in total. The van der Waals surface area contributed by atoms with Gasteiger partial charge in [0.25, 0.3) is 0 Å². The fourth-order valence-corrected chi connectivity index (χ4v) is 3.83. The summed E-state index contributed by atoms with van der Waals surface area (Å²) < 4.78 is 0. The van der Waals surface area contributed by atoms with Crippen LogP contribution in [0.5, 0.6) is 0 Å². The lowest BCUT2D eigenvalue weighted by molar-refractivity contribution is -0.145. The number of benzene rings is 1. The van der Waals surface area contributed by atoms with Crippen LogP contribution in [0, 0.1) is 11.8 Å². The van der Waals surface area contributed by atoms with Gasteiger partial charge in [0, 0.05) is 25.7 Å². The third-order valence-corrected chi connectivity index (χ3v) is 5.36. The monoisotopic (exact) mass is 345 g/mol. The zero-order valence-electron chi connectivity index (χ0n) is 14.7. The number of carboxylic acid groups (broad SMARTS) is 1. The largest absolute Gasteiger partial charge is 0.481 e. The van der Waals surface area contributed by atoms with Crippen LogP contribution in [0.1, 0.15) is 18.4 Å². The van der Waals surface area contributed by atoms with E-state index in [1.165, 1.54) is 0 Å². The highest BCUT2D eigenvalue weighted by atomic mass is 16.4. The maximum atomic E-state index is 12.7. The molecule has 136 valence electrons. The van der Waals surface area contributed by atoms with Crippen LogP contribution >= 0.6 is 0 Å². The summed E-state index contributed by atoms with van der Waals surface area (Å²) in [6, 6.07) is 10.1. The second-order valence-electron chi connectivity index (χ2n) is 7.32. The fourth-order valence-electron chi connectivity index (χ4n) is 3.83. The Labute approximate surface area is 148 Å². The van der Waals surface area contributed by atoms with E-state index < -0.39 is 17.8 Å². The van der Waals surface area contributed by atoms with Crippen molar-refractivity contribution in [1.29, 1.82) is 0 Å². The minimum Gasteiger partial charge on any atom is -0.481 e. The van der Waals surface area contributed by atoms with Crippen molar-refractivity contribution in [2.24, 2.45) is 11.8 Å². The van der Waals surface area contributed by atoms with Gasteiger partial charge in [-0.15, -0.1) is 0 Å². The third-order valence-electron chi connectivity index (χ3n) is 5.36. The molecule has 2 atom stereocenters. The molecule has 6 heteroatoms. The number of carboxylic acids is 1. The Hall–Kier alpha value is -1.92. The summed E-state index contributed by atoms with van der Waals surface area (Å²) in [7, 11) is 2.08. The van der Waals surface area contributed by atoms with E-state index in [0.29, 0.717) is 19.6 Å². The van der Waals surface area contributed by atoms with Gasteiger partial charge in [-0.25, -0.2) is 0 Å². The molecular weight excluding hydrogens is 318 g/mol. The number of likely N-dealkylation sites (tertiary alicyclic amines) is 2. The van der Waals surface area contributed by atoms with Gasteiger partial charge in [0.1, 0.15) is 0 Å². The maximum absolute atomic E-state index is 12.7. The van der Waals surface area contributed by atoms with E-state index in [1.807, 2.05) is 30.3 Å². The van der Waals surface area contributed by atoms with E-state index in [2.05, 4.69) is 22.2 Å². The summed E-state index contributed by atoms with van der Waals surface area (Å²) in [6.45, 7) is 3.55. The molecule has 1 aromatic carbocycles. The topological polar surface area (TPSA) is 72.9 Å². The Balaban J connectivity index is 1.60. The lowest BCUT2D eigenvalue weighted by Gasteiger charge is -2.30. The van der Waals surface area contributed by atoms with Crippen LogP contribution in [0.4, 0.5) is 0 Å². The lowest BCUT2D eigenvalue weighted by atomic mass is 9.94. The minimum absolute atomic E-state index is 0.0995. The number of aliphatic carboxylic acids is 1. The van der Waals surface area contributed by atoms with Gasteiger partial charge >= 0.3 is 5.97 Å². The molecule has 0 saturated carbocycles. The van der Waals surface area contributed by atoms with E-state index in [1.54, 1.807) is 0 Å². The fraction of sp³-hybridized carbons (Fsp3) is 0.579. The molecule has 1 amide bonds. The highest BCUT2D eigenvalue weighted by Crippen LogP contribution is 2.26. The van der Waals surface area contributed by atoms with Crippen LogP contribution < -0.4 is 5.32 Å². The van der Waals surface area contributed by atoms with Gasteiger partial charge < -0.3 is 15.3 Å². The van der Waals surface area contributed by atoms with Crippen molar-refractivity contribution < 1.29 is 14.7 Å². The Kier molecular flexibility index (Phi) is 5.71. The molecule has 2 N–H and O–H groups in total. The predicted molar refractivity (Wildman–Crippen MR) is 95.0 cm³/mol. The molecule has 25 heavy (non-hydrogen) atoms. The number of rotatable bonds is 5. The molecule has 2 saturated heterocycles. The van der Waals surface area contributed by atoms with E-state index in [0.717, 1.165) is 31.5 Å². The SMILES string of the molecule is CN1CCC(NC(=O)[C@H]2CN(Cc3ccccc3)C[C@H]2C(=O)O)CC1. The van der Waals surface area contributed by atoms with Gasteiger partial charge in [0.15, 0.2) is 0 Å². The van der Waals surface area contributed by atoms with Gasteiger partial charge in [0.05, 0.1) is 11.8 Å². The minimum atomic E-state index is -0.876. The molecule has 2 heterocycles. The summed E-state index contributed by atoms with van der Waals surface area (Å²) in [5.41, 5.74) is 1.14. The van der Waals surface area contributed by atoms with E-state index in [9.17, 15) is 14.7 Å². The summed E-state index contributed by atoms with van der Waals surface area (Å²) >= 11 is 0. The number of hydrogen-bond acceptors (Lipinski definition) is 4. The molecular formula is C19H27N3O3. The molecule has 2 fully saturated rings. The molecule has 0 aliphatic carbocycles. The molecule has 2 aliphatic heterocycles. The first-order chi connectivity index (χ1) is 12.0. The first kappa shape index (κ1) is 17.9. The average molecular weight is 345 g/mol. The van der Waals surface area contributed by atoms with Crippen molar-refractivity contribution in [3.05, 3.63) is 35.9 Å². The quantitative estimate of drug-likeness (QED) is 0.834. The Morgan fingerprint density at radius 3 is 2.40 bits per heavy atom. The first-order valence-corrected chi connectivity index (χ1v) is 9.01. The number of carbonyl (C=O) groups excluding carboxylic acids is 1. The van der Waals surface area contributed by atoms with Gasteiger partial charge in [-0.1, -0.05) is 30.3 Å². The number of piperidine rings is 1. The number of nitrogens with one attached hydrogen (secondary N) is 1. The Morgan fingerprint density at radius 1 is 1.12 bits per heavy atom. The van der Waals surface area contributed by atoms with Crippen molar-refractivity contribution in [2.75, 3.05) is 33.2 Å². The van der Waals surface area contributed by atoms with Crippen LogP contribution in [0.25, 0.3) is 0 Å². The molecule has 0 unspecified atom stereocenters. The van der Waals surface area contributed by atoms with Crippen molar-refractivity contribution in [1.82, 2.24) is 15.1 Å². The highest BCUT2D eigenvalue weighted by Gasteiger charge is 2.42. The molecule has 0 bridgehead atoms. The Morgan fingerprint density at radius 2 is 1.76 bits per heavy atom. The summed E-state index contributed by atoms with van der Waals surface area (Å²) in [5.74, 6) is -2.08. The van der Waals surface area contributed by atoms with Gasteiger partial charge in [-0.05, 0) is 38.5 Å². The average Bonchev–Trinajstić information content (AvgIpc) is 3.02. The zero-order chi connectivity index (χ0) is 17.8. The van der Waals surface area contributed by atoms with Crippen LogP contribution in [0.15, 0.2) is 30.3 Å². The predicted octanol–water partition coefficient (Wildman–Crippen LogP) is 1.03. The zero-order valence-corrected chi connectivity index (χ0v) is 14.7. The van der Waals surface area contributed by atoms with Crippen molar-refractivity contribution in [3.8, 4) is 0 Å². The van der Waals surface area contributed by atoms with Crippen LogP contribution in [0.2, 0.25) is 0 Å². The van der Waals surface area contributed by atoms with Crippen LogP contribution in [-0.4, -0.2) is 66.1 Å². The summed E-state index contributed by atoms with van der Waals surface area (Å²) in [4.78, 5) is 28.7. The highest BCUT2D eigenvalue weighted by molar-refractivity contribution is 5.85. The normalized spacial score (nSPS) is 25.8. The molecule has 1 aromatic rings. The van der Waals surface area contributed by atoms with Crippen molar-refractivity contribution >= 4 is 11.9 Å². The third kappa shape index (κ3) is 4.58. The van der Waals surface area contributed by atoms with Crippen LogP contribution in [-0.2, 0) is 16.1 Å². The summed E-state index contributed by atoms with van der Waals surface area (Å²) in [6.07, 6.45) is 1.86. The first-order valence-electron chi connectivity index (χ1n) is 9.01. The number of nitrogens with zero attached hydrogens (tertiary/aromatic N) is 2. The van der Waals surface area contributed by atoms with E-state index >= 15 is 0 Å². The van der Waals surface area contributed by atoms with Crippen LogP contribution in [0.3, 0.4) is 0 Å². The molecule has 0 aromatic heterocycles. The smallest absolute Gasteiger partial charge is 0.308 e. The van der Waals surface area contributed by atoms with Crippen molar-refractivity contribution in [3.63, 3.8) is 0 Å². The second-order valence-corrected chi connectivity index (χ2v) is 7.32. The standard InChI is InChI=1S/C19H27N3O3/c1-21-9-7-15(8-10-21)20-18(23)16-12-22(13-17(16)19(24)25)11-14-5-3-2-4-6-14/h2-6,15-17H,7-13H2,1H3,(H,20,23)(H,24,25)/t16-,17+/m0/s1. The maximum Gasteiger partial charge on any atom is 0.308 e. The van der Waals surface area contributed by atoms with Crippen molar-refractivity contribution in [2.45, 2.75) is 25.4 Å². The molecule has 2 aliphatic rings. The molecule has 0 radical (unpaired) electrons.